The number of carbonyl (C=O) groups excluding carboxylic acids is 1. The minimum Gasteiger partial charge on any atom is -0.494 e. The van der Waals surface area contributed by atoms with Crippen LogP contribution in [0.3, 0.4) is 0 Å². The highest BCUT2D eigenvalue weighted by atomic mass is 35.5. The number of hydrogen-bond acceptors (Lipinski definition) is 5. The molecule has 5 rings (SSSR count). The Hall–Kier alpha value is -3.91. The summed E-state index contributed by atoms with van der Waals surface area (Å²) in [4.78, 5) is 12.9. The molecule has 1 N–H and O–H groups in total. The third kappa shape index (κ3) is 4.72. The van der Waals surface area contributed by atoms with Crippen molar-refractivity contribution in [2.45, 2.75) is 19.4 Å². The summed E-state index contributed by atoms with van der Waals surface area (Å²) in [6.45, 7) is 1.60. The third-order valence-electron chi connectivity index (χ3n) is 5.49. The van der Waals surface area contributed by atoms with Gasteiger partial charge in [0.05, 0.1) is 12.1 Å². The van der Waals surface area contributed by atoms with Crippen molar-refractivity contribution in [3.8, 4) is 5.75 Å². The van der Waals surface area contributed by atoms with E-state index in [1.54, 1.807) is 12.1 Å². The van der Waals surface area contributed by atoms with Gasteiger partial charge in [0, 0.05) is 42.5 Å². The monoisotopic (exact) mass is 474 g/mol. The first-order valence-electron chi connectivity index (χ1n) is 11.1. The zero-order chi connectivity index (χ0) is 23.3. The minimum absolute atomic E-state index is 0.207. The Bertz CT molecular complexity index is 1430. The van der Waals surface area contributed by atoms with E-state index in [1.807, 2.05) is 69.9 Å². The maximum absolute atomic E-state index is 12.9. The minimum atomic E-state index is -0.207. The number of benzene rings is 2. The lowest BCUT2D eigenvalue weighted by Crippen LogP contribution is -2.27. The number of para-hydroxylation sites is 1. The second-order valence-corrected chi connectivity index (χ2v) is 8.23. The topological polar surface area (TPSA) is 86.3 Å². The van der Waals surface area contributed by atoms with Gasteiger partial charge in [-0.15, -0.1) is 10.2 Å². The van der Waals surface area contributed by atoms with Crippen LogP contribution in [0.15, 0.2) is 72.9 Å². The summed E-state index contributed by atoms with van der Waals surface area (Å²) in [6, 6.07) is 20.8. The fourth-order valence-corrected chi connectivity index (χ4v) is 3.96. The second-order valence-electron chi connectivity index (χ2n) is 7.80. The predicted octanol–water partition coefficient (Wildman–Crippen LogP) is 4.17. The maximum atomic E-state index is 12.9. The van der Waals surface area contributed by atoms with Gasteiger partial charge in [0.1, 0.15) is 11.6 Å². The molecule has 0 aliphatic carbocycles. The molecule has 1 amide bonds. The van der Waals surface area contributed by atoms with Gasteiger partial charge in [-0.25, -0.2) is 0 Å². The van der Waals surface area contributed by atoms with Crippen molar-refractivity contribution in [2.24, 2.45) is 0 Å². The van der Waals surface area contributed by atoms with Crippen molar-refractivity contribution in [2.75, 3.05) is 13.2 Å². The molecule has 3 aromatic heterocycles. The van der Waals surface area contributed by atoms with E-state index in [0.717, 1.165) is 34.5 Å². The molecule has 0 fully saturated rings. The molecule has 172 valence electrons. The van der Waals surface area contributed by atoms with Crippen LogP contribution in [0, 0.1) is 0 Å². The summed E-state index contributed by atoms with van der Waals surface area (Å²) in [5.41, 5.74) is 2.12. The molecule has 0 spiro atoms. The van der Waals surface area contributed by atoms with Crippen molar-refractivity contribution in [1.82, 2.24) is 29.7 Å². The Morgan fingerprint density at radius 3 is 2.71 bits per heavy atom. The van der Waals surface area contributed by atoms with Crippen molar-refractivity contribution in [1.29, 1.82) is 0 Å². The molecule has 0 atom stereocenters. The first kappa shape index (κ1) is 21.9. The van der Waals surface area contributed by atoms with Crippen LogP contribution in [0.2, 0.25) is 5.02 Å². The molecule has 0 aliphatic rings. The molecule has 34 heavy (non-hydrogen) atoms. The number of aryl methyl sites for hydroxylation is 1. The van der Waals surface area contributed by atoms with Gasteiger partial charge in [0.25, 0.3) is 5.91 Å². The van der Waals surface area contributed by atoms with E-state index in [0.29, 0.717) is 36.8 Å². The lowest BCUT2D eigenvalue weighted by atomic mass is 10.2. The molecule has 8 nitrogen and oxygen atoms in total. The summed E-state index contributed by atoms with van der Waals surface area (Å²) in [7, 11) is 0. The zero-order valence-corrected chi connectivity index (χ0v) is 19.2. The summed E-state index contributed by atoms with van der Waals surface area (Å²) >= 11 is 5.91. The summed E-state index contributed by atoms with van der Waals surface area (Å²) in [5, 5.41) is 17.4. The Labute approximate surface area is 201 Å². The van der Waals surface area contributed by atoms with E-state index < -0.39 is 0 Å². The molecule has 0 radical (unpaired) electrons. The summed E-state index contributed by atoms with van der Waals surface area (Å²) < 4.78 is 9.56. The van der Waals surface area contributed by atoms with E-state index in [-0.39, 0.29) is 5.91 Å². The highest BCUT2D eigenvalue weighted by Crippen LogP contribution is 2.19. The Morgan fingerprint density at radius 2 is 1.82 bits per heavy atom. The van der Waals surface area contributed by atoms with E-state index in [9.17, 15) is 4.79 Å². The number of carbonyl (C=O) groups is 1. The number of fused-ring (bicyclic) bond motifs is 2. The molecule has 0 saturated carbocycles. The van der Waals surface area contributed by atoms with E-state index in [1.165, 1.54) is 0 Å². The van der Waals surface area contributed by atoms with Crippen LogP contribution in [-0.4, -0.2) is 43.4 Å². The largest absolute Gasteiger partial charge is 0.494 e. The number of halogens is 1. The SMILES string of the molecule is O=C(NCCc1nnc2ccccn12)c1nn(CCCOc2ccc(Cl)cc2)c2ccccc12. The average Bonchev–Trinajstić information content (AvgIpc) is 3.45. The Balaban J connectivity index is 1.21. The first-order valence-corrected chi connectivity index (χ1v) is 11.5. The number of hydrogen-bond donors (Lipinski definition) is 1. The van der Waals surface area contributed by atoms with Crippen LogP contribution < -0.4 is 10.1 Å². The smallest absolute Gasteiger partial charge is 0.272 e. The van der Waals surface area contributed by atoms with Gasteiger partial charge in [-0.05, 0) is 42.5 Å². The fourth-order valence-electron chi connectivity index (χ4n) is 3.83. The van der Waals surface area contributed by atoms with Crippen LogP contribution in [0.25, 0.3) is 16.6 Å². The Kier molecular flexibility index (Phi) is 6.40. The average molecular weight is 475 g/mol. The normalized spacial score (nSPS) is 11.2. The molecule has 9 heteroatoms. The van der Waals surface area contributed by atoms with E-state index in [4.69, 9.17) is 16.3 Å². The van der Waals surface area contributed by atoms with Gasteiger partial charge in [-0.2, -0.15) is 5.10 Å². The molecular weight excluding hydrogens is 452 g/mol. The molecule has 0 saturated heterocycles. The van der Waals surface area contributed by atoms with Gasteiger partial charge in [-0.3, -0.25) is 13.9 Å². The van der Waals surface area contributed by atoms with E-state index >= 15 is 0 Å². The number of pyridine rings is 1. The predicted molar refractivity (Wildman–Crippen MR) is 130 cm³/mol. The highest BCUT2D eigenvalue weighted by molar-refractivity contribution is 6.30. The van der Waals surface area contributed by atoms with Crippen molar-refractivity contribution < 1.29 is 9.53 Å². The van der Waals surface area contributed by atoms with Crippen molar-refractivity contribution in [3.05, 3.63) is 89.5 Å². The standard InChI is InChI=1S/C25H23ClN6O2/c26-18-9-11-19(12-10-18)34-17-5-16-32-21-7-2-1-6-20(21)24(30-32)25(33)27-14-13-23-29-28-22-8-3-4-15-31(22)23/h1-4,6-12,15H,5,13-14,16-17H2,(H,27,33). The third-order valence-corrected chi connectivity index (χ3v) is 5.74. The van der Waals surface area contributed by atoms with Gasteiger partial charge in [-0.1, -0.05) is 35.9 Å². The van der Waals surface area contributed by atoms with Crippen molar-refractivity contribution in [3.63, 3.8) is 0 Å². The van der Waals surface area contributed by atoms with Crippen LogP contribution in [0.4, 0.5) is 0 Å². The molecule has 5 aromatic rings. The molecular formula is C25H23ClN6O2. The molecule has 0 aliphatic heterocycles. The molecule has 0 unspecified atom stereocenters. The number of nitrogens with one attached hydrogen (secondary N) is 1. The van der Waals surface area contributed by atoms with Gasteiger partial charge < -0.3 is 10.1 Å². The number of ether oxygens (including phenoxy) is 1. The van der Waals surface area contributed by atoms with Gasteiger partial charge >= 0.3 is 0 Å². The van der Waals surface area contributed by atoms with Gasteiger partial charge in [0.15, 0.2) is 11.3 Å². The zero-order valence-electron chi connectivity index (χ0n) is 18.4. The van der Waals surface area contributed by atoms with Crippen LogP contribution in [0.1, 0.15) is 22.7 Å². The number of amides is 1. The number of aromatic nitrogens is 5. The first-order chi connectivity index (χ1) is 16.7. The number of rotatable bonds is 9. The molecule has 0 bridgehead atoms. The lowest BCUT2D eigenvalue weighted by Gasteiger charge is -2.07. The van der Waals surface area contributed by atoms with Crippen molar-refractivity contribution >= 4 is 34.1 Å². The van der Waals surface area contributed by atoms with Crippen LogP contribution >= 0.6 is 11.6 Å². The maximum Gasteiger partial charge on any atom is 0.272 e. The Morgan fingerprint density at radius 1 is 1.00 bits per heavy atom. The summed E-state index contributed by atoms with van der Waals surface area (Å²) in [6.07, 6.45) is 3.23. The fraction of sp³-hybridized carbons (Fsp3) is 0.200. The van der Waals surface area contributed by atoms with Gasteiger partial charge in [0.2, 0.25) is 0 Å². The summed E-state index contributed by atoms with van der Waals surface area (Å²) in [5.74, 6) is 1.36. The van der Waals surface area contributed by atoms with Crippen LogP contribution in [-0.2, 0) is 13.0 Å². The highest BCUT2D eigenvalue weighted by Gasteiger charge is 2.17. The lowest BCUT2D eigenvalue weighted by molar-refractivity contribution is 0.0949. The van der Waals surface area contributed by atoms with Crippen LogP contribution in [0.5, 0.6) is 5.75 Å². The number of nitrogens with zero attached hydrogens (tertiary/aromatic N) is 5. The van der Waals surface area contributed by atoms with E-state index in [2.05, 4.69) is 20.6 Å². The quantitative estimate of drug-likeness (QED) is 0.324. The molecule has 3 heterocycles. The molecule has 2 aromatic carbocycles. The second kappa shape index (κ2) is 9.93.